The average molecular weight is 2170 g/mol. The van der Waals surface area contributed by atoms with Gasteiger partial charge in [0.1, 0.15) is 76.1 Å². The van der Waals surface area contributed by atoms with Crippen LogP contribution in [0.1, 0.15) is 184 Å². The number of amides is 10. The zero-order valence-electron chi connectivity index (χ0n) is 81.8. The van der Waals surface area contributed by atoms with Crippen LogP contribution in [0.3, 0.4) is 0 Å². The Morgan fingerprint density at radius 3 is 1.10 bits per heavy atom. The van der Waals surface area contributed by atoms with E-state index in [9.17, 15) is 69.7 Å². The molecule has 10 bridgehead atoms. The van der Waals surface area contributed by atoms with Crippen molar-refractivity contribution in [2.75, 3.05) is 44.0 Å². The molecule has 15 aliphatic rings. The molecule has 11 N–H and O–H groups in total. The van der Waals surface area contributed by atoms with Gasteiger partial charge < -0.3 is 86.0 Å². The highest BCUT2D eigenvalue weighted by molar-refractivity contribution is 8.00. The fourth-order valence-corrected chi connectivity index (χ4v) is 22.7. The summed E-state index contributed by atoms with van der Waals surface area (Å²) in [4.78, 5) is 131. The molecule has 15 saturated carbocycles. The van der Waals surface area contributed by atoms with Gasteiger partial charge in [0.15, 0.2) is 38.9 Å². The molecule has 1 unspecified atom stereocenters. The van der Waals surface area contributed by atoms with Crippen molar-refractivity contribution in [2.24, 2.45) is 7.05 Å². The molecule has 0 spiro atoms. The van der Waals surface area contributed by atoms with Crippen molar-refractivity contribution in [1.82, 2.24) is 92.5 Å². The molecule has 26 rings (SSSR count). The Kier molecular flexibility index (Phi) is 29.9. The number of halogens is 9. The minimum Gasteiger partial charge on any atom is -0.484 e. The minimum atomic E-state index is -2.44. The molecular formula is C103H106Cl5F4N19O17S. The Labute approximate surface area is 877 Å². The van der Waals surface area contributed by atoms with Crippen LogP contribution in [0.25, 0.3) is 0 Å². The highest BCUT2D eigenvalue weighted by atomic mass is 35.5. The number of nitrogens with zero attached hydrogens (tertiary/aromatic N) is 8. The number of anilines is 1. The van der Waals surface area contributed by atoms with Crippen molar-refractivity contribution >= 4 is 138 Å². The molecule has 0 radical (unpaired) electrons. The molecule has 7 aromatic carbocycles. The minimum absolute atomic E-state index is 0.000487. The van der Waals surface area contributed by atoms with Gasteiger partial charge in [0.25, 0.3) is 59.1 Å². The van der Waals surface area contributed by atoms with Crippen LogP contribution in [0.15, 0.2) is 175 Å². The van der Waals surface area contributed by atoms with Gasteiger partial charge in [-0.05, 0) is 250 Å². The van der Waals surface area contributed by atoms with E-state index >= 15 is 0 Å². The standard InChI is InChI=1S/C24H24ClN5O3.C22H23ClFN3O4S.2C19H20ClFN4O3.C19H19ClFN3O4/c1-16-8-19(6-7-20(16)25)33-10-21(31)28-23-11-24(12-23,13-23)29-22(32)18-4-2-17(3-5-18)9-30-15-26-14-27-30;1-32(2,30)27-15-5-3-4-14(8-15)20(29)26-22-11-21(12-22,13-22)25-19(28)10-31-16-6-7-17(23)18(24)9-16;1-11-5-15(24-25(11)2)17(27)23-19-8-18(9-19,10-19)22-16(26)7-28-12-3-4-13(20)14(21)6-12;1-2-25-6-5-15(24-25)17(27)23-19-9-18(10-19,11-19)22-16(26)8-28-12-3-4-13(20)14(21)7-12;1-10-16(28-11(2)22-10)17(26)24-19-7-18(8-19,9-19)23-15(25)6-27-12-3-4-13(20)14(21)5-12/h2-8,14-15H,9-13H2,1H3,(H,28,31)(H,29,32);3-9H,1,10-13H2,2H3,(H,25,28)(H,26,29)(H,27,30);3-6H,7-10H2,1-2H3,(H,22,26)(H,23,27);3-7H,2,8-11H2,1H3,(H,22,26)(H,23,27);3-5H,6-9H2,1-2H3,(H,23,25)(H,24,26). The van der Waals surface area contributed by atoms with E-state index in [1.165, 1.54) is 61.1 Å². The van der Waals surface area contributed by atoms with Gasteiger partial charge in [-0.2, -0.15) is 15.3 Å². The number of oxazole rings is 1. The van der Waals surface area contributed by atoms with E-state index in [1.807, 2.05) is 51.1 Å². The van der Waals surface area contributed by atoms with Crippen LogP contribution >= 0.6 is 58.0 Å². The molecule has 36 nitrogen and oxygen atoms in total. The smallest absolute Gasteiger partial charge is 0.289 e. The first-order valence-corrected chi connectivity index (χ1v) is 51.5. The highest BCUT2D eigenvalue weighted by Gasteiger charge is 2.73. The maximum absolute atomic E-state index is 13.4. The number of rotatable bonds is 35. The lowest BCUT2D eigenvalue weighted by Crippen LogP contribution is -2.84. The number of hydrogen-bond donors (Lipinski definition) is 11. The van der Waals surface area contributed by atoms with Crippen LogP contribution in [0, 0.1) is 51.0 Å². The second-order valence-electron chi connectivity index (χ2n) is 40.6. The van der Waals surface area contributed by atoms with Crippen molar-refractivity contribution < 1.29 is 97.8 Å². The van der Waals surface area contributed by atoms with Crippen molar-refractivity contribution in [3.05, 3.63) is 276 Å². The zero-order chi connectivity index (χ0) is 106. The Hall–Kier alpha value is -14.0. The van der Waals surface area contributed by atoms with Gasteiger partial charge in [-0.15, -0.1) is 0 Å². The third-order valence-electron chi connectivity index (χ3n) is 27.8. The third kappa shape index (κ3) is 24.8. The predicted molar refractivity (Wildman–Crippen MR) is 543 cm³/mol. The Balaban J connectivity index is 0.000000127. The van der Waals surface area contributed by atoms with Crippen molar-refractivity contribution in [1.29, 1.82) is 0 Å². The Bertz CT molecular complexity index is 7120. The summed E-state index contributed by atoms with van der Waals surface area (Å²) in [6.45, 7) is 9.51. The van der Waals surface area contributed by atoms with Crippen LogP contribution in [-0.4, -0.2) is 203 Å². The maximum Gasteiger partial charge on any atom is 0.289 e. The Morgan fingerprint density at radius 2 is 0.772 bits per heavy atom. The number of aromatic nitrogens is 8. The quantitative estimate of drug-likeness (QED) is 0.0130. The number of aryl methyl sites for hydroxylation is 6. The van der Waals surface area contributed by atoms with Crippen LogP contribution in [0.4, 0.5) is 23.2 Å². The number of ether oxygens (including phenoxy) is 5. The molecule has 4 aromatic heterocycles. The van der Waals surface area contributed by atoms with E-state index in [1.54, 1.807) is 96.0 Å². The highest BCUT2D eigenvalue weighted by Crippen LogP contribution is 2.64. The van der Waals surface area contributed by atoms with E-state index < -0.39 is 33.0 Å². The first-order chi connectivity index (χ1) is 70.5. The summed E-state index contributed by atoms with van der Waals surface area (Å²) in [7, 11) is -0.654. The number of benzene rings is 7. The lowest BCUT2D eigenvalue weighted by atomic mass is 9.44. The molecule has 4 heterocycles. The summed E-state index contributed by atoms with van der Waals surface area (Å²) in [5, 5.41) is 43.2. The number of carbonyl (C=O) groups is 10. The maximum atomic E-state index is 13.4. The van der Waals surface area contributed by atoms with Crippen molar-refractivity contribution in [3.63, 3.8) is 0 Å². The van der Waals surface area contributed by atoms with Gasteiger partial charge >= 0.3 is 0 Å². The molecule has 10 amide bonds. The van der Waals surface area contributed by atoms with E-state index in [4.69, 9.17) is 86.1 Å². The molecule has 1 atom stereocenters. The summed E-state index contributed by atoms with van der Waals surface area (Å²) in [6, 6.07) is 39.0. The first kappa shape index (κ1) is 106. The van der Waals surface area contributed by atoms with E-state index in [-0.39, 0.29) is 196 Å². The largest absolute Gasteiger partial charge is 0.484 e. The second-order valence-corrected chi connectivity index (χ2v) is 44.9. The molecule has 15 fully saturated rings. The molecule has 15 aliphatic carbocycles. The summed E-state index contributed by atoms with van der Waals surface area (Å²) in [5.41, 5.74) is 2.95. The molecule has 0 aliphatic heterocycles. The van der Waals surface area contributed by atoms with Gasteiger partial charge in [-0.25, -0.2) is 36.4 Å². The van der Waals surface area contributed by atoms with Crippen molar-refractivity contribution in [3.8, 4) is 28.7 Å². The lowest BCUT2D eigenvalue weighted by molar-refractivity contribution is -0.142. The van der Waals surface area contributed by atoms with Crippen LogP contribution in [-0.2, 0) is 53.8 Å². The number of carbonyl (C=O) groups excluding carboxylic acids is 10. The van der Waals surface area contributed by atoms with E-state index in [0.29, 0.717) is 141 Å². The van der Waals surface area contributed by atoms with E-state index in [0.717, 1.165) is 60.3 Å². The van der Waals surface area contributed by atoms with Crippen LogP contribution < -0.4 is 81.6 Å². The monoisotopic (exact) mass is 2160 g/mol. The number of hydrogen-bond acceptors (Lipinski definition) is 22. The van der Waals surface area contributed by atoms with Gasteiger partial charge in [0.2, 0.25) is 5.76 Å². The lowest BCUT2D eigenvalue weighted by Gasteiger charge is -2.70. The fourth-order valence-electron chi connectivity index (χ4n) is 21.5. The summed E-state index contributed by atoms with van der Waals surface area (Å²) in [6.07, 6.45) is 16.5. The normalized spacial score (nSPS) is 24.3. The summed E-state index contributed by atoms with van der Waals surface area (Å²) in [5.74, 6) is 1.03. The third-order valence-corrected chi connectivity index (χ3v) is 30.1. The molecule has 46 heteroatoms. The average Bonchev–Trinajstić information content (AvgIpc) is 1.69. The van der Waals surface area contributed by atoms with Gasteiger partial charge in [-0.3, -0.25) is 57.3 Å². The zero-order valence-corrected chi connectivity index (χ0v) is 86.4. The van der Waals surface area contributed by atoms with Gasteiger partial charge in [0.05, 0.1) is 32.3 Å². The SMILES string of the molecule is C=S(C)(=O)Nc1cccc(C(=O)NC23CC(NC(=O)COc4ccc(Cl)c(F)c4)(C2)C3)c1.CCn1ccc(C(=O)NC23CC(NC(=O)COc4ccc(Cl)c(F)c4)(C2)C3)n1.Cc1cc(C(=O)NC23CC(NC(=O)COc4ccc(Cl)c(F)c4)(C2)C3)nn1C.Cc1cc(OCC(=O)NC23CC(NC(=O)c4ccc(Cn5cncn5)cc4)(C2)C3)ccc1Cl.Cc1nc(C)c(C(=O)NC23CC(NC(=O)COc4ccc(Cl)c(F)c4)(C2)C3)o1. The number of nitrogens with one attached hydrogen (secondary N) is 11. The van der Waals surface area contributed by atoms with Crippen LogP contribution in [0.5, 0.6) is 28.7 Å². The molecule has 149 heavy (non-hydrogen) atoms. The van der Waals surface area contributed by atoms with Crippen LogP contribution in [0.2, 0.25) is 25.1 Å². The summed E-state index contributed by atoms with van der Waals surface area (Å²) < 4.78 is 105. The predicted octanol–water partition coefficient (Wildman–Crippen LogP) is 12.7. The summed E-state index contributed by atoms with van der Waals surface area (Å²) >= 11 is 28.5. The van der Waals surface area contributed by atoms with Gasteiger partial charge in [0, 0.05) is 150 Å². The molecule has 0 saturated heterocycles. The first-order valence-electron chi connectivity index (χ1n) is 47.5. The van der Waals surface area contributed by atoms with Crippen molar-refractivity contribution in [2.45, 2.75) is 199 Å². The van der Waals surface area contributed by atoms with E-state index in [2.05, 4.69) is 89.0 Å². The fraction of sp³-hybridized carbons (Fsp3) is 0.379. The Morgan fingerprint density at radius 1 is 0.416 bits per heavy atom. The topological polar surface area (TPSA) is 459 Å². The van der Waals surface area contributed by atoms with Gasteiger partial charge in [-0.1, -0.05) is 76.2 Å². The molecule has 784 valence electrons. The molecule has 11 aromatic rings. The second kappa shape index (κ2) is 41.8. The molecular weight excluding hydrogens is 2060 g/mol.